The highest BCUT2D eigenvalue weighted by molar-refractivity contribution is 5.88. The van der Waals surface area contributed by atoms with Crippen molar-refractivity contribution in [1.29, 1.82) is 0 Å². The topological polar surface area (TPSA) is 46.5 Å². The lowest BCUT2D eigenvalue weighted by atomic mass is 9.92. The van der Waals surface area contributed by atoms with Gasteiger partial charge in [0.1, 0.15) is 5.75 Å². The van der Waals surface area contributed by atoms with Gasteiger partial charge >= 0.3 is 5.97 Å². The number of alkyl halides is 2. The molecule has 0 spiro atoms. The summed E-state index contributed by atoms with van der Waals surface area (Å²) in [5.74, 6) is -1.69. The first-order valence-corrected chi connectivity index (χ1v) is 4.88. The Morgan fingerprint density at radius 2 is 2.25 bits per heavy atom. The van der Waals surface area contributed by atoms with E-state index >= 15 is 0 Å². The summed E-state index contributed by atoms with van der Waals surface area (Å²) in [6.07, 6.45) is -2.28. The van der Waals surface area contributed by atoms with Crippen molar-refractivity contribution < 1.29 is 23.4 Å². The van der Waals surface area contributed by atoms with Gasteiger partial charge in [0.2, 0.25) is 6.43 Å². The molecule has 1 unspecified atom stereocenters. The van der Waals surface area contributed by atoms with Gasteiger partial charge in [0.25, 0.3) is 0 Å². The highest BCUT2D eigenvalue weighted by Gasteiger charge is 2.29. The van der Waals surface area contributed by atoms with Crippen LogP contribution in [0.1, 0.15) is 28.3 Å². The molecule has 0 amide bonds. The van der Waals surface area contributed by atoms with Crippen molar-refractivity contribution in [2.75, 3.05) is 6.61 Å². The third-order valence-corrected chi connectivity index (χ3v) is 2.65. The molecule has 0 saturated carbocycles. The number of hydrogen-bond donors (Lipinski definition) is 1. The van der Waals surface area contributed by atoms with E-state index in [2.05, 4.69) is 0 Å². The Labute approximate surface area is 90.7 Å². The van der Waals surface area contributed by atoms with E-state index in [1.165, 1.54) is 18.2 Å². The molecule has 2 rings (SSSR count). The van der Waals surface area contributed by atoms with E-state index in [0.29, 0.717) is 11.3 Å². The zero-order chi connectivity index (χ0) is 11.7. The molecule has 1 N–H and O–H groups in total. The lowest BCUT2D eigenvalue weighted by Gasteiger charge is -2.25. The van der Waals surface area contributed by atoms with E-state index in [0.717, 1.165) is 0 Å². The second-order valence-corrected chi connectivity index (χ2v) is 3.64. The molecule has 1 aromatic rings. The molecular formula is C11H10F2O3. The van der Waals surface area contributed by atoms with Gasteiger partial charge in [-0.1, -0.05) is 0 Å². The maximum absolute atomic E-state index is 12.7. The van der Waals surface area contributed by atoms with Crippen LogP contribution >= 0.6 is 0 Å². The molecule has 5 heteroatoms. The molecule has 1 aliphatic rings. The first kappa shape index (κ1) is 10.9. The smallest absolute Gasteiger partial charge is 0.335 e. The molecule has 0 bridgehead atoms. The average Bonchev–Trinajstić information content (AvgIpc) is 2.27. The zero-order valence-electron chi connectivity index (χ0n) is 8.32. The van der Waals surface area contributed by atoms with Crippen LogP contribution in [0.25, 0.3) is 0 Å². The number of carbonyl (C=O) groups is 1. The predicted octanol–water partition coefficient (Wildman–Crippen LogP) is 2.52. The van der Waals surface area contributed by atoms with Crippen LogP contribution in [0.2, 0.25) is 0 Å². The number of hydrogen-bond acceptors (Lipinski definition) is 2. The maximum atomic E-state index is 12.7. The van der Waals surface area contributed by atoms with Gasteiger partial charge in [-0.2, -0.15) is 0 Å². The Morgan fingerprint density at radius 3 is 2.88 bits per heavy atom. The van der Waals surface area contributed by atoms with Gasteiger partial charge < -0.3 is 9.84 Å². The number of halogens is 2. The number of rotatable bonds is 2. The monoisotopic (exact) mass is 228 g/mol. The normalized spacial score (nSPS) is 19.1. The molecule has 0 radical (unpaired) electrons. The van der Waals surface area contributed by atoms with Crippen LogP contribution < -0.4 is 4.74 Å². The van der Waals surface area contributed by atoms with Gasteiger partial charge in [-0.05, 0) is 24.6 Å². The fraction of sp³-hybridized carbons (Fsp3) is 0.364. The Hall–Kier alpha value is -1.65. The van der Waals surface area contributed by atoms with E-state index in [1.54, 1.807) is 0 Å². The van der Waals surface area contributed by atoms with Gasteiger partial charge in [-0.3, -0.25) is 0 Å². The summed E-state index contributed by atoms with van der Waals surface area (Å²) in [7, 11) is 0. The number of fused-ring (bicyclic) bond motifs is 1. The summed E-state index contributed by atoms with van der Waals surface area (Å²) < 4.78 is 30.7. The second-order valence-electron chi connectivity index (χ2n) is 3.64. The summed E-state index contributed by atoms with van der Waals surface area (Å²) in [6, 6.07) is 4.07. The number of carboxylic acid groups (broad SMARTS) is 1. The third kappa shape index (κ3) is 1.85. The Morgan fingerprint density at radius 1 is 1.50 bits per heavy atom. The van der Waals surface area contributed by atoms with Gasteiger partial charge in [0.05, 0.1) is 18.1 Å². The van der Waals surface area contributed by atoms with Gasteiger partial charge in [-0.15, -0.1) is 0 Å². The molecule has 16 heavy (non-hydrogen) atoms. The molecule has 0 aliphatic carbocycles. The molecule has 3 nitrogen and oxygen atoms in total. The molecular weight excluding hydrogens is 218 g/mol. The van der Waals surface area contributed by atoms with Crippen LogP contribution in [0.3, 0.4) is 0 Å². The van der Waals surface area contributed by atoms with Crippen LogP contribution in [-0.4, -0.2) is 24.1 Å². The van der Waals surface area contributed by atoms with Crippen molar-refractivity contribution in [2.24, 2.45) is 0 Å². The summed E-state index contributed by atoms with van der Waals surface area (Å²) in [6.45, 7) is 0.244. The summed E-state index contributed by atoms with van der Waals surface area (Å²) >= 11 is 0. The highest BCUT2D eigenvalue weighted by Crippen LogP contribution is 2.37. The highest BCUT2D eigenvalue weighted by atomic mass is 19.3. The minimum Gasteiger partial charge on any atom is -0.493 e. The number of ether oxygens (including phenoxy) is 1. The van der Waals surface area contributed by atoms with Crippen molar-refractivity contribution in [3.8, 4) is 5.75 Å². The standard InChI is InChI=1S/C11H10F2O3/c12-10(13)7-3-4-16-9-2-1-6(11(14)15)5-8(7)9/h1-2,5,7,10H,3-4H2,(H,14,15). The van der Waals surface area contributed by atoms with E-state index in [4.69, 9.17) is 9.84 Å². The minimum absolute atomic E-state index is 0.00917. The maximum Gasteiger partial charge on any atom is 0.335 e. The number of benzene rings is 1. The summed E-state index contributed by atoms with van der Waals surface area (Å²) in [4.78, 5) is 10.7. The van der Waals surface area contributed by atoms with Gasteiger partial charge in [-0.25, -0.2) is 13.6 Å². The SMILES string of the molecule is O=C(O)c1ccc2c(c1)C(C(F)F)CCO2. The van der Waals surface area contributed by atoms with Crippen LogP contribution in [0.15, 0.2) is 18.2 Å². The Balaban J connectivity index is 2.44. The van der Waals surface area contributed by atoms with Crippen LogP contribution in [-0.2, 0) is 0 Å². The van der Waals surface area contributed by atoms with Gasteiger partial charge in [0.15, 0.2) is 0 Å². The second kappa shape index (κ2) is 4.08. The number of aromatic carboxylic acids is 1. The van der Waals surface area contributed by atoms with Crippen molar-refractivity contribution >= 4 is 5.97 Å². The quantitative estimate of drug-likeness (QED) is 0.845. The molecule has 0 saturated heterocycles. The van der Waals surface area contributed by atoms with Crippen molar-refractivity contribution in [3.63, 3.8) is 0 Å². The predicted molar refractivity (Wildman–Crippen MR) is 52.3 cm³/mol. The molecule has 1 aliphatic heterocycles. The third-order valence-electron chi connectivity index (χ3n) is 2.65. The Kier molecular flexibility index (Phi) is 2.77. The summed E-state index contributed by atoms with van der Waals surface area (Å²) in [5.41, 5.74) is 0.302. The van der Waals surface area contributed by atoms with E-state index in [1.807, 2.05) is 0 Å². The Bertz CT molecular complexity index is 418. The molecule has 1 atom stereocenters. The largest absolute Gasteiger partial charge is 0.493 e. The lowest BCUT2D eigenvalue weighted by molar-refractivity contribution is 0.0693. The van der Waals surface area contributed by atoms with E-state index in [9.17, 15) is 13.6 Å². The van der Waals surface area contributed by atoms with Crippen LogP contribution in [0.4, 0.5) is 8.78 Å². The van der Waals surface area contributed by atoms with E-state index in [-0.39, 0.29) is 18.6 Å². The molecule has 1 heterocycles. The van der Waals surface area contributed by atoms with Crippen molar-refractivity contribution in [1.82, 2.24) is 0 Å². The van der Waals surface area contributed by atoms with Crippen LogP contribution in [0, 0.1) is 0 Å². The fourth-order valence-corrected chi connectivity index (χ4v) is 1.82. The summed E-state index contributed by atoms with van der Waals surface area (Å²) in [5, 5.41) is 8.78. The van der Waals surface area contributed by atoms with E-state index < -0.39 is 18.3 Å². The fourth-order valence-electron chi connectivity index (χ4n) is 1.82. The van der Waals surface area contributed by atoms with Crippen LogP contribution in [0.5, 0.6) is 5.75 Å². The molecule has 1 aromatic carbocycles. The lowest BCUT2D eigenvalue weighted by Crippen LogP contribution is -2.20. The van der Waals surface area contributed by atoms with Crippen molar-refractivity contribution in [3.05, 3.63) is 29.3 Å². The average molecular weight is 228 g/mol. The molecule has 0 fully saturated rings. The first-order chi connectivity index (χ1) is 7.59. The molecule has 86 valence electrons. The molecule has 0 aromatic heterocycles. The minimum atomic E-state index is -2.49. The zero-order valence-corrected chi connectivity index (χ0v) is 8.32. The first-order valence-electron chi connectivity index (χ1n) is 4.88. The number of carboxylic acids is 1. The van der Waals surface area contributed by atoms with Crippen molar-refractivity contribution in [2.45, 2.75) is 18.8 Å². The van der Waals surface area contributed by atoms with Gasteiger partial charge in [0, 0.05) is 5.56 Å².